The Morgan fingerprint density at radius 1 is 0.857 bits per heavy atom. The molecule has 0 spiro atoms. The number of benzene rings is 3. The van der Waals surface area contributed by atoms with Crippen LogP contribution in [0.4, 0.5) is 5.69 Å². The number of carbonyl (C=O) groups is 4. The molecule has 2 aliphatic carbocycles. The summed E-state index contributed by atoms with van der Waals surface area (Å²) < 4.78 is 5.70. The van der Waals surface area contributed by atoms with Gasteiger partial charge in [-0.15, -0.1) is 0 Å². The maximum absolute atomic E-state index is 13.7. The van der Waals surface area contributed by atoms with Crippen molar-refractivity contribution in [2.75, 3.05) is 6.54 Å². The minimum absolute atomic E-state index is 0.0582. The molecule has 3 aromatic rings. The van der Waals surface area contributed by atoms with Gasteiger partial charge < -0.3 is 4.74 Å². The lowest BCUT2D eigenvalue weighted by Gasteiger charge is -2.31. The maximum atomic E-state index is 13.7. The second-order valence-electron chi connectivity index (χ2n) is 10.3. The summed E-state index contributed by atoms with van der Waals surface area (Å²) in [5.41, 5.74) is 0.188. The highest BCUT2D eigenvalue weighted by atomic mass is 35.5. The molecule has 0 aromatic heterocycles. The molecule has 2 bridgehead atoms. The molecule has 2 fully saturated rings. The molecule has 1 aliphatic heterocycles. The van der Waals surface area contributed by atoms with Gasteiger partial charge in [-0.1, -0.05) is 35.4 Å². The minimum Gasteiger partial charge on any atom is -0.457 e. The van der Waals surface area contributed by atoms with Crippen LogP contribution in [-0.2, 0) is 9.59 Å². The Labute approximate surface area is 249 Å². The molecular formula is C30H21Cl2N3O7. The van der Waals surface area contributed by atoms with E-state index in [-0.39, 0.29) is 38.7 Å². The lowest BCUT2D eigenvalue weighted by molar-refractivity contribution is -0.384. The van der Waals surface area contributed by atoms with Crippen LogP contribution < -0.4 is 4.74 Å². The van der Waals surface area contributed by atoms with Crippen LogP contribution in [0.3, 0.4) is 0 Å². The van der Waals surface area contributed by atoms with Gasteiger partial charge in [0.1, 0.15) is 18.0 Å². The number of hydrogen-bond acceptors (Lipinski definition) is 7. The summed E-state index contributed by atoms with van der Waals surface area (Å²) in [6.45, 7) is -0.582. The van der Waals surface area contributed by atoms with Crippen molar-refractivity contribution in [2.45, 2.75) is 6.42 Å². The molecule has 1 saturated carbocycles. The van der Waals surface area contributed by atoms with Gasteiger partial charge in [-0.2, -0.15) is 5.01 Å². The molecule has 3 aliphatic rings. The number of hydrazine groups is 1. The van der Waals surface area contributed by atoms with E-state index >= 15 is 0 Å². The number of amides is 3. The normalized spacial score (nSPS) is 21.9. The van der Waals surface area contributed by atoms with Gasteiger partial charge in [0.15, 0.2) is 5.78 Å². The average molecular weight is 606 g/mol. The SMILES string of the molecule is O=C(CN(C(=O)c1ccc(Cl)c(Cl)c1)N1C(=O)[C@@H]2[C@@H](C1=O)[C@H]1C=C[C@H]2C1)c1ccc(Oc2ccc([N+](=O)[O-])cc2)cc1. The van der Waals surface area contributed by atoms with Crippen LogP contribution in [0, 0.1) is 33.8 Å². The Balaban J connectivity index is 1.24. The fraction of sp³-hybridized carbons (Fsp3) is 0.200. The van der Waals surface area contributed by atoms with Gasteiger partial charge in [0.05, 0.1) is 26.8 Å². The van der Waals surface area contributed by atoms with Gasteiger partial charge in [0.2, 0.25) is 0 Å². The van der Waals surface area contributed by atoms with Crippen molar-refractivity contribution in [1.82, 2.24) is 10.0 Å². The zero-order valence-corrected chi connectivity index (χ0v) is 23.2. The lowest BCUT2D eigenvalue weighted by atomic mass is 9.85. The van der Waals surface area contributed by atoms with Crippen molar-refractivity contribution >= 4 is 52.4 Å². The van der Waals surface area contributed by atoms with Gasteiger partial charge in [-0.05, 0) is 72.9 Å². The number of non-ortho nitro benzene ring substituents is 1. The van der Waals surface area contributed by atoms with E-state index in [1.165, 1.54) is 66.7 Å². The van der Waals surface area contributed by atoms with Gasteiger partial charge in [-0.25, -0.2) is 5.01 Å². The molecule has 10 nitrogen and oxygen atoms in total. The number of nitro groups is 1. The number of imide groups is 1. The summed E-state index contributed by atoms with van der Waals surface area (Å²) in [4.78, 5) is 64.6. The topological polar surface area (TPSA) is 127 Å². The Kier molecular flexibility index (Phi) is 7.04. The molecule has 3 aromatic carbocycles. The van der Waals surface area contributed by atoms with Crippen molar-refractivity contribution in [3.8, 4) is 11.5 Å². The van der Waals surface area contributed by atoms with E-state index in [0.29, 0.717) is 17.9 Å². The quantitative estimate of drug-likeness (QED) is 0.105. The van der Waals surface area contributed by atoms with Gasteiger partial charge in [0.25, 0.3) is 23.4 Å². The first-order valence-electron chi connectivity index (χ1n) is 13.0. The Bertz CT molecular complexity index is 1640. The van der Waals surface area contributed by atoms with E-state index in [1.54, 1.807) is 0 Å². The maximum Gasteiger partial charge on any atom is 0.273 e. The minimum atomic E-state index is -0.748. The average Bonchev–Trinajstić information content (AvgIpc) is 3.67. The standard InChI is InChI=1S/C30H21Cl2N3O7/c31-23-12-5-19(14-24(23)32)28(37)33(34-29(38)26-17-1-2-18(13-17)27(26)30(34)39)15-25(36)16-3-8-21(9-4-16)42-22-10-6-20(7-11-22)35(40)41/h1-12,14,17-18,26-27H,13,15H2/t17-,18-,26-,27-/m0/s1. The van der Waals surface area contributed by atoms with E-state index in [0.717, 1.165) is 10.0 Å². The summed E-state index contributed by atoms with van der Waals surface area (Å²) in [5.74, 6) is -2.85. The molecule has 1 heterocycles. The Hall–Kier alpha value is -4.54. The molecule has 1 saturated heterocycles. The fourth-order valence-corrected chi connectivity index (χ4v) is 6.14. The van der Waals surface area contributed by atoms with Crippen molar-refractivity contribution in [3.63, 3.8) is 0 Å². The summed E-state index contributed by atoms with van der Waals surface area (Å²) in [7, 11) is 0. The number of nitro benzene ring substituents is 1. The van der Waals surface area contributed by atoms with E-state index in [9.17, 15) is 29.3 Å². The third kappa shape index (κ3) is 4.82. The van der Waals surface area contributed by atoms with Crippen molar-refractivity contribution in [3.05, 3.63) is 110 Å². The summed E-state index contributed by atoms with van der Waals surface area (Å²) in [6, 6.07) is 15.7. The van der Waals surface area contributed by atoms with Crippen LogP contribution in [0.2, 0.25) is 10.0 Å². The molecule has 0 radical (unpaired) electrons. The molecule has 0 N–H and O–H groups in total. The highest BCUT2D eigenvalue weighted by molar-refractivity contribution is 6.42. The lowest BCUT2D eigenvalue weighted by Crippen LogP contribution is -2.52. The van der Waals surface area contributed by atoms with Crippen LogP contribution in [0.1, 0.15) is 27.1 Å². The predicted octanol–water partition coefficient (Wildman–Crippen LogP) is 5.74. The fourth-order valence-electron chi connectivity index (χ4n) is 5.84. The van der Waals surface area contributed by atoms with Crippen molar-refractivity contribution in [2.24, 2.45) is 23.7 Å². The van der Waals surface area contributed by atoms with E-state index < -0.39 is 46.8 Å². The first-order valence-corrected chi connectivity index (χ1v) is 13.8. The molecular weight excluding hydrogens is 585 g/mol. The number of rotatable bonds is 8. The monoisotopic (exact) mass is 605 g/mol. The number of Topliss-reactive ketones (excluding diaryl/α,β-unsaturated/α-hetero) is 1. The molecule has 0 unspecified atom stereocenters. The number of allylic oxidation sites excluding steroid dienone is 2. The zero-order valence-electron chi connectivity index (χ0n) is 21.7. The van der Waals surface area contributed by atoms with E-state index in [4.69, 9.17) is 27.9 Å². The molecule has 4 atom stereocenters. The number of hydrogen-bond donors (Lipinski definition) is 0. The summed E-state index contributed by atoms with van der Waals surface area (Å²) >= 11 is 12.1. The number of fused-ring (bicyclic) bond motifs is 5. The first-order chi connectivity index (χ1) is 20.1. The smallest absolute Gasteiger partial charge is 0.273 e. The van der Waals surface area contributed by atoms with Crippen LogP contribution in [-0.4, -0.2) is 45.0 Å². The third-order valence-electron chi connectivity index (χ3n) is 7.84. The highest BCUT2D eigenvalue weighted by Crippen LogP contribution is 2.52. The number of nitrogens with zero attached hydrogens (tertiary/aromatic N) is 3. The van der Waals surface area contributed by atoms with E-state index in [1.807, 2.05) is 12.2 Å². The van der Waals surface area contributed by atoms with Gasteiger partial charge in [-0.3, -0.25) is 29.3 Å². The second-order valence-corrected chi connectivity index (χ2v) is 11.1. The number of halogens is 2. The van der Waals surface area contributed by atoms with Crippen LogP contribution in [0.25, 0.3) is 0 Å². The van der Waals surface area contributed by atoms with E-state index in [2.05, 4.69) is 0 Å². The molecule has 42 heavy (non-hydrogen) atoms. The third-order valence-corrected chi connectivity index (χ3v) is 8.58. The predicted molar refractivity (Wildman–Crippen MR) is 151 cm³/mol. The van der Waals surface area contributed by atoms with Crippen LogP contribution in [0.15, 0.2) is 78.9 Å². The first kappa shape index (κ1) is 27.6. The van der Waals surface area contributed by atoms with Crippen LogP contribution in [0.5, 0.6) is 11.5 Å². The summed E-state index contributed by atoms with van der Waals surface area (Å²) in [6.07, 6.45) is 4.60. The number of ketones is 1. The molecule has 12 heteroatoms. The molecule has 212 valence electrons. The van der Waals surface area contributed by atoms with Gasteiger partial charge >= 0.3 is 0 Å². The largest absolute Gasteiger partial charge is 0.457 e. The number of ether oxygens (including phenoxy) is 1. The van der Waals surface area contributed by atoms with Crippen molar-refractivity contribution in [1.29, 1.82) is 0 Å². The Morgan fingerprint density at radius 2 is 1.40 bits per heavy atom. The zero-order chi connectivity index (χ0) is 29.7. The van der Waals surface area contributed by atoms with Gasteiger partial charge in [0, 0.05) is 23.3 Å². The summed E-state index contributed by atoms with van der Waals surface area (Å²) in [5, 5.41) is 12.9. The molecule has 6 rings (SSSR count). The van der Waals surface area contributed by atoms with Crippen LogP contribution >= 0.6 is 23.2 Å². The molecule has 3 amide bonds. The number of carbonyl (C=O) groups excluding carboxylic acids is 4. The Morgan fingerprint density at radius 3 is 1.95 bits per heavy atom. The highest BCUT2D eigenvalue weighted by Gasteiger charge is 2.61. The van der Waals surface area contributed by atoms with Crippen molar-refractivity contribution < 1.29 is 28.8 Å². The second kappa shape index (κ2) is 10.7.